The van der Waals surface area contributed by atoms with Gasteiger partial charge in [-0.1, -0.05) is 42.0 Å². The van der Waals surface area contributed by atoms with Crippen LogP contribution in [-0.4, -0.2) is 24.9 Å². The van der Waals surface area contributed by atoms with Gasteiger partial charge in [0.25, 0.3) is 0 Å². The Hall–Kier alpha value is -4.19. The van der Waals surface area contributed by atoms with E-state index >= 15 is 0 Å². The van der Waals surface area contributed by atoms with Gasteiger partial charge in [-0.3, -0.25) is 0 Å². The second-order valence-electron chi connectivity index (χ2n) is 6.87. The van der Waals surface area contributed by atoms with E-state index in [0.29, 0.717) is 16.9 Å². The van der Waals surface area contributed by atoms with Crippen molar-refractivity contribution in [2.45, 2.75) is 6.92 Å². The van der Waals surface area contributed by atoms with E-state index in [0.717, 1.165) is 11.1 Å². The van der Waals surface area contributed by atoms with Crippen molar-refractivity contribution >= 4 is 23.9 Å². The first kappa shape index (κ1) is 20.1. The molecule has 0 spiro atoms. The van der Waals surface area contributed by atoms with E-state index in [1.54, 1.807) is 48.5 Å². The van der Waals surface area contributed by atoms with Crippen molar-refractivity contribution in [2.24, 2.45) is 4.99 Å². The molecule has 0 unspecified atom stereocenters. The van der Waals surface area contributed by atoms with Gasteiger partial charge in [0, 0.05) is 5.56 Å². The molecule has 0 fully saturated rings. The van der Waals surface area contributed by atoms with Crippen LogP contribution in [0.3, 0.4) is 0 Å². The molecule has 0 saturated carbocycles. The molecule has 0 radical (unpaired) electrons. The van der Waals surface area contributed by atoms with Gasteiger partial charge in [-0.2, -0.15) is 0 Å². The number of benzene rings is 3. The van der Waals surface area contributed by atoms with Gasteiger partial charge in [-0.25, -0.2) is 14.6 Å². The van der Waals surface area contributed by atoms with E-state index in [2.05, 4.69) is 4.99 Å². The molecule has 1 heterocycles. The van der Waals surface area contributed by atoms with Crippen LogP contribution in [0.4, 0.5) is 0 Å². The summed E-state index contributed by atoms with van der Waals surface area (Å²) in [5.41, 5.74) is 3.03. The molecular weight excluding hydrogens is 394 g/mol. The maximum Gasteiger partial charge on any atom is 0.363 e. The molecule has 1 aliphatic heterocycles. The van der Waals surface area contributed by atoms with Gasteiger partial charge in [-0.05, 0) is 55.0 Å². The highest BCUT2D eigenvalue weighted by molar-refractivity contribution is 6.12. The van der Waals surface area contributed by atoms with Crippen molar-refractivity contribution < 1.29 is 23.8 Å². The molecule has 1 aliphatic rings. The average molecular weight is 413 g/mol. The SMILES string of the molecule is COc1cc(/C=C2\N=C(c3cccc(C)c3)OC2=O)ccc1OC(=O)c1ccccc1. The lowest BCUT2D eigenvalue weighted by Gasteiger charge is -2.10. The van der Waals surface area contributed by atoms with E-state index in [9.17, 15) is 9.59 Å². The Kier molecular flexibility index (Phi) is 5.62. The maximum absolute atomic E-state index is 12.3. The molecule has 154 valence electrons. The zero-order valence-electron chi connectivity index (χ0n) is 17.0. The van der Waals surface area contributed by atoms with Crippen LogP contribution in [0.2, 0.25) is 0 Å². The Labute approximate surface area is 179 Å². The van der Waals surface area contributed by atoms with Gasteiger partial charge in [0.05, 0.1) is 12.7 Å². The highest BCUT2D eigenvalue weighted by atomic mass is 16.6. The Morgan fingerprint density at radius 3 is 2.52 bits per heavy atom. The first-order chi connectivity index (χ1) is 15.0. The molecule has 3 aromatic rings. The molecular formula is C25H19NO5. The second kappa shape index (κ2) is 8.67. The third kappa shape index (κ3) is 4.53. The van der Waals surface area contributed by atoms with Crippen molar-refractivity contribution in [2.75, 3.05) is 7.11 Å². The molecule has 3 aromatic carbocycles. The van der Waals surface area contributed by atoms with Crippen LogP contribution in [0.15, 0.2) is 83.5 Å². The number of hydrogen-bond donors (Lipinski definition) is 0. The molecule has 0 aromatic heterocycles. The summed E-state index contributed by atoms with van der Waals surface area (Å²) in [5, 5.41) is 0. The summed E-state index contributed by atoms with van der Waals surface area (Å²) < 4.78 is 16.1. The lowest BCUT2D eigenvalue weighted by molar-refractivity contribution is -0.129. The second-order valence-corrected chi connectivity index (χ2v) is 6.87. The summed E-state index contributed by atoms with van der Waals surface area (Å²) in [4.78, 5) is 28.9. The Morgan fingerprint density at radius 1 is 0.968 bits per heavy atom. The van der Waals surface area contributed by atoms with Crippen LogP contribution in [0.5, 0.6) is 11.5 Å². The van der Waals surface area contributed by atoms with Crippen molar-refractivity contribution in [3.05, 3.63) is 101 Å². The number of aliphatic imine (C=N–C) groups is 1. The largest absolute Gasteiger partial charge is 0.493 e. The smallest absolute Gasteiger partial charge is 0.363 e. The van der Waals surface area contributed by atoms with Crippen LogP contribution in [0, 0.1) is 6.92 Å². The fourth-order valence-electron chi connectivity index (χ4n) is 3.06. The lowest BCUT2D eigenvalue weighted by Crippen LogP contribution is -2.09. The third-order valence-electron chi connectivity index (χ3n) is 4.59. The standard InChI is InChI=1S/C25H19NO5/c1-16-7-6-10-19(13-16)23-26-20(25(28)31-23)14-17-11-12-21(22(15-17)29-2)30-24(27)18-8-4-3-5-9-18/h3-15H,1-2H3/b20-14-. The fourth-order valence-corrected chi connectivity index (χ4v) is 3.06. The van der Waals surface area contributed by atoms with Crippen LogP contribution < -0.4 is 9.47 Å². The van der Waals surface area contributed by atoms with E-state index in [1.807, 2.05) is 37.3 Å². The molecule has 0 saturated heterocycles. The Morgan fingerprint density at radius 2 is 1.77 bits per heavy atom. The van der Waals surface area contributed by atoms with Gasteiger partial charge in [-0.15, -0.1) is 0 Å². The van der Waals surface area contributed by atoms with Crippen molar-refractivity contribution in [3.63, 3.8) is 0 Å². The average Bonchev–Trinajstić information content (AvgIpc) is 3.15. The fraction of sp³-hybridized carbons (Fsp3) is 0.0800. The molecule has 4 rings (SSSR count). The number of methoxy groups -OCH3 is 1. The van der Waals surface area contributed by atoms with Crippen LogP contribution in [0.1, 0.15) is 27.0 Å². The van der Waals surface area contributed by atoms with Crippen molar-refractivity contribution in [1.29, 1.82) is 0 Å². The summed E-state index contributed by atoms with van der Waals surface area (Å²) in [7, 11) is 1.48. The van der Waals surface area contributed by atoms with Gasteiger partial charge in [0.15, 0.2) is 17.2 Å². The number of nitrogens with zero attached hydrogens (tertiary/aromatic N) is 1. The highest BCUT2D eigenvalue weighted by Crippen LogP contribution is 2.30. The number of ether oxygens (including phenoxy) is 3. The predicted octanol–water partition coefficient (Wildman–Crippen LogP) is 4.57. The summed E-state index contributed by atoms with van der Waals surface area (Å²) >= 11 is 0. The highest BCUT2D eigenvalue weighted by Gasteiger charge is 2.24. The Balaban J connectivity index is 1.58. The zero-order chi connectivity index (χ0) is 21.8. The van der Waals surface area contributed by atoms with E-state index < -0.39 is 11.9 Å². The quantitative estimate of drug-likeness (QED) is 0.348. The van der Waals surface area contributed by atoms with Crippen LogP contribution >= 0.6 is 0 Å². The first-order valence-corrected chi connectivity index (χ1v) is 9.58. The first-order valence-electron chi connectivity index (χ1n) is 9.58. The van der Waals surface area contributed by atoms with Gasteiger partial charge >= 0.3 is 11.9 Å². The number of carbonyl (C=O) groups is 2. The summed E-state index contributed by atoms with van der Waals surface area (Å²) in [5.74, 6) is -0.128. The number of rotatable bonds is 5. The lowest BCUT2D eigenvalue weighted by atomic mass is 10.1. The maximum atomic E-state index is 12.3. The zero-order valence-corrected chi connectivity index (χ0v) is 17.0. The number of carbonyl (C=O) groups excluding carboxylic acids is 2. The topological polar surface area (TPSA) is 74.2 Å². The summed E-state index contributed by atoms with van der Waals surface area (Å²) in [6, 6.07) is 21.2. The summed E-state index contributed by atoms with van der Waals surface area (Å²) in [6.45, 7) is 1.95. The number of esters is 2. The number of cyclic esters (lactones) is 1. The number of aryl methyl sites for hydroxylation is 1. The molecule has 6 heteroatoms. The van der Waals surface area contributed by atoms with Gasteiger partial charge < -0.3 is 14.2 Å². The predicted molar refractivity (Wildman–Crippen MR) is 116 cm³/mol. The van der Waals surface area contributed by atoms with Gasteiger partial charge in [0.1, 0.15) is 0 Å². The monoisotopic (exact) mass is 413 g/mol. The minimum absolute atomic E-state index is 0.174. The molecule has 0 bridgehead atoms. The molecule has 0 N–H and O–H groups in total. The molecule has 0 aliphatic carbocycles. The van der Waals surface area contributed by atoms with Crippen LogP contribution in [-0.2, 0) is 9.53 Å². The van der Waals surface area contributed by atoms with E-state index in [1.165, 1.54) is 7.11 Å². The molecule has 6 nitrogen and oxygen atoms in total. The molecule has 0 atom stereocenters. The number of hydrogen-bond acceptors (Lipinski definition) is 6. The Bertz CT molecular complexity index is 1210. The van der Waals surface area contributed by atoms with E-state index in [-0.39, 0.29) is 17.3 Å². The molecule has 0 amide bonds. The van der Waals surface area contributed by atoms with Crippen molar-refractivity contribution in [3.8, 4) is 11.5 Å². The normalized spacial score (nSPS) is 14.2. The van der Waals surface area contributed by atoms with Crippen LogP contribution in [0.25, 0.3) is 6.08 Å². The summed E-state index contributed by atoms with van der Waals surface area (Å²) in [6.07, 6.45) is 1.59. The molecule has 31 heavy (non-hydrogen) atoms. The minimum atomic E-state index is -0.532. The van der Waals surface area contributed by atoms with E-state index in [4.69, 9.17) is 14.2 Å². The van der Waals surface area contributed by atoms with Crippen molar-refractivity contribution in [1.82, 2.24) is 0 Å². The minimum Gasteiger partial charge on any atom is -0.493 e. The van der Waals surface area contributed by atoms with Gasteiger partial charge in [0.2, 0.25) is 5.90 Å². The third-order valence-corrected chi connectivity index (χ3v) is 4.59.